The maximum atomic E-state index is 5.51. The summed E-state index contributed by atoms with van der Waals surface area (Å²) in [6.45, 7) is 0.651. The first kappa shape index (κ1) is 9.86. The average Bonchev–Trinajstić information content (AvgIpc) is 2.66. The molecule has 2 heterocycles. The Morgan fingerprint density at radius 1 is 1.27 bits per heavy atom. The number of nitrogens with zero attached hydrogens (tertiary/aromatic N) is 3. The van der Waals surface area contributed by atoms with Crippen LogP contribution in [0.2, 0.25) is 0 Å². The summed E-state index contributed by atoms with van der Waals surface area (Å²) in [6, 6.07) is 2.11. The van der Waals surface area contributed by atoms with Crippen molar-refractivity contribution in [2.75, 3.05) is 6.54 Å². The molecule has 15 heavy (non-hydrogen) atoms. The zero-order valence-corrected chi connectivity index (χ0v) is 8.72. The number of nitrogens with two attached hydrogens (primary N) is 1. The summed E-state index contributed by atoms with van der Waals surface area (Å²) < 4.78 is 1.78. The lowest BCUT2D eigenvalue weighted by Gasteiger charge is -2.00. The first-order valence-electron chi connectivity index (χ1n) is 4.92. The summed E-state index contributed by atoms with van der Waals surface area (Å²) in [6.07, 6.45) is 8.37. The quantitative estimate of drug-likeness (QED) is 0.807. The topological polar surface area (TPSA) is 56.7 Å². The fraction of sp³-hybridized carbons (Fsp3) is 0.273. The normalized spacial score (nSPS) is 10.5. The molecule has 0 aliphatic rings. The molecule has 0 unspecified atom stereocenters. The zero-order valence-electron chi connectivity index (χ0n) is 8.72. The second-order valence-corrected chi connectivity index (χ2v) is 3.52. The Morgan fingerprint density at radius 3 is 2.80 bits per heavy atom. The van der Waals surface area contributed by atoms with Crippen molar-refractivity contribution in [1.82, 2.24) is 14.8 Å². The maximum absolute atomic E-state index is 5.51. The van der Waals surface area contributed by atoms with Crippen LogP contribution >= 0.6 is 0 Å². The molecule has 0 spiro atoms. The Kier molecular flexibility index (Phi) is 2.78. The van der Waals surface area contributed by atoms with E-state index in [2.05, 4.69) is 16.1 Å². The second kappa shape index (κ2) is 4.23. The van der Waals surface area contributed by atoms with Gasteiger partial charge in [-0.3, -0.25) is 9.67 Å². The molecule has 0 saturated carbocycles. The van der Waals surface area contributed by atoms with Crippen molar-refractivity contribution in [3.05, 3.63) is 36.4 Å². The van der Waals surface area contributed by atoms with Gasteiger partial charge in [-0.25, -0.2) is 0 Å². The fourth-order valence-corrected chi connectivity index (χ4v) is 1.52. The number of aryl methyl sites for hydroxylation is 1. The van der Waals surface area contributed by atoms with Gasteiger partial charge >= 0.3 is 0 Å². The van der Waals surface area contributed by atoms with Crippen molar-refractivity contribution >= 4 is 0 Å². The maximum Gasteiger partial charge on any atom is 0.0568 e. The van der Waals surface area contributed by atoms with Crippen LogP contribution < -0.4 is 5.73 Å². The van der Waals surface area contributed by atoms with Gasteiger partial charge in [0, 0.05) is 36.8 Å². The molecule has 2 aromatic heterocycles. The highest BCUT2D eigenvalue weighted by molar-refractivity contribution is 5.61. The van der Waals surface area contributed by atoms with Crippen molar-refractivity contribution < 1.29 is 0 Å². The highest BCUT2D eigenvalue weighted by atomic mass is 15.2. The van der Waals surface area contributed by atoms with Crippen LogP contribution in [0.3, 0.4) is 0 Å². The van der Waals surface area contributed by atoms with Gasteiger partial charge in [-0.05, 0) is 24.6 Å². The number of hydrogen-bond acceptors (Lipinski definition) is 3. The minimum atomic E-state index is 0.651. The summed E-state index contributed by atoms with van der Waals surface area (Å²) >= 11 is 0. The lowest BCUT2D eigenvalue weighted by molar-refractivity contribution is 0.768. The molecule has 0 saturated heterocycles. The monoisotopic (exact) mass is 202 g/mol. The molecule has 0 fully saturated rings. The summed E-state index contributed by atoms with van der Waals surface area (Å²) in [4.78, 5) is 4.20. The van der Waals surface area contributed by atoms with Gasteiger partial charge < -0.3 is 5.73 Å². The number of pyridine rings is 1. The Labute approximate surface area is 88.8 Å². The molecule has 2 aromatic rings. The van der Waals surface area contributed by atoms with E-state index in [9.17, 15) is 0 Å². The molecule has 0 atom stereocenters. The summed E-state index contributed by atoms with van der Waals surface area (Å²) in [5, 5.41) is 4.13. The van der Waals surface area contributed by atoms with Gasteiger partial charge in [0.2, 0.25) is 0 Å². The average molecular weight is 202 g/mol. The second-order valence-electron chi connectivity index (χ2n) is 3.52. The van der Waals surface area contributed by atoms with Crippen LogP contribution in [0.1, 0.15) is 5.56 Å². The van der Waals surface area contributed by atoms with Crippen LogP contribution in [0.15, 0.2) is 30.9 Å². The van der Waals surface area contributed by atoms with E-state index >= 15 is 0 Å². The molecule has 4 heteroatoms. The largest absolute Gasteiger partial charge is 0.330 e. The lowest BCUT2D eigenvalue weighted by Crippen LogP contribution is -2.02. The van der Waals surface area contributed by atoms with Crippen LogP contribution in [-0.2, 0) is 13.5 Å². The SMILES string of the molecule is Cn1cc(-c2cncc(CCN)c2)cn1. The van der Waals surface area contributed by atoms with E-state index in [0.717, 1.165) is 17.5 Å². The van der Waals surface area contributed by atoms with Crippen LogP contribution in [-0.4, -0.2) is 21.3 Å². The molecule has 78 valence electrons. The van der Waals surface area contributed by atoms with Gasteiger partial charge in [0.15, 0.2) is 0 Å². The van der Waals surface area contributed by atoms with Crippen molar-refractivity contribution in [2.24, 2.45) is 12.8 Å². The third-order valence-corrected chi connectivity index (χ3v) is 2.27. The lowest BCUT2D eigenvalue weighted by atomic mass is 10.1. The molecule has 2 rings (SSSR count). The molecular weight excluding hydrogens is 188 g/mol. The molecular formula is C11H14N4. The molecule has 0 radical (unpaired) electrons. The summed E-state index contributed by atoms with van der Waals surface area (Å²) in [5.41, 5.74) is 8.85. The third-order valence-electron chi connectivity index (χ3n) is 2.27. The molecule has 0 aliphatic heterocycles. The Morgan fingerprint density at radius 2 is 2.13 bits per heavy atom. The van der Waals surface area contributed by atoms with Gasteiger partial charge in [-0.1, -0.05) is 0 Å². The molecule has 0 bridgehead atoms. The molecule has 0 amide bonds. The van der Waals surface area contributed by atoms with Crippen molar-refractivity contribution in [3.63, 3.8) is 0 Å². The van der Waals surface area contributed by atoms with Crippen LogP contribution in [0.5, 0.6) is 0 Å². The van der Waals surface area contributed by atoms with Crippen molar-refractivity contribution in [3.8, 4) is 11.1 Å². The predicted octanol–water partition coefficient (Wildman–Crippen LogP) is 0.983. The van der Waals surface area contributed by atoms with E-state index in [1.807, 2.05) is 31.8 Å². The first-order chi connectivity index (χ1) is 7.29. The van der Waals surface area contributed by atoms with E-state index in [1.165, 1.54) is 5.56 Å². The molecule has 0 aromatic carbocycles. The Balaban J connectivity index is 2.32. The standard InChI is InChI=1S/C11H14N4/c1-15-8-11(7-14-15)10-4-9(2-3-12)5-13-6-10/h4-8H,2-3,12H2,1H3. The van der Waals surface area contributed by atoms with E-state index in [0.29, 0.717) is 6.54 Å². The van der Waals surface area contributed by atoms with Gasteiger partial charge in [-0.15, -0.1) is 0 Å². The molecule has 2 N–H and O–H groups in total. The first-order valence-corrected chi connectivity index (χ1v) is 4.92. The highest BCUT2D eigenvalue weighted by Gasteiger charge is 2.01. The van der Waals surface area contributed by atoms with Crippen LogP contribution in [0.25, 0.3) is 11.1 Å². The summed E-state index contributed by atoms with van der Waals surface area (Å²) in [5.74, 6) is 0. The van der Waals surface area contributed by atoms with E-state index in [-0.39, 0.29) is 0 Å². The predicted molar refractivity (Wildman–Crippen MR) is 59.2 cm³/mol. The summed E-state index contributed by atoms with van der Waals surface area (Å²) in [7, 11) is 1.90. The third kappa shape index (κ3) is 2.22. The number of hydrogen-bond donors (Lipinski definition) is 1. The number of rotatable bonds is 3. The van der Waals surface area contributed by atoms with Crippen LogP contribution in [0, 0.1) is 0 Å². The van der Waals surface area contributed by atoms with Gasteiger partial charge in [0.25, 0.3) is 0 Å². The van der Waals surface area contributed by atoms with Crippen molar-refractivity contribution in [1.29, 1.82) is 0 Å². The zero-order chi connectivity index (χ0) is 10.7. The minimum absolute atomic E-state index is 0.651. The Hall–Kier alpha value is -1.68. The smallest absolute Gasteiger partial charge is 0.0568 e. The van der Waals surface area contributed by atoms with E-state index in [4.69, 9.17) is 5.73 Å². The van der Waals surface area contributed by atoms with Gasteiger partial charge in [0.1, 0.15) is 0 Å². The van der Waals surface area contributed by atoms with Gasteiger partial charge in [0.05, 0.1) is 6.20 Å². The molecule has 0 aliphatic carbocycles. The number of aromatic nitrogens is 3. The Bertz CT molecular complexity index is 447. The molecule has 4 nitrogen and oxygen atoms in total. The van der Waals surface area contributed by atoms with E-state index < -0.39 is 0 Å². The van der Waals surface area contributed by atoms with Gasteiger partial charge in [-0.2, -0.15) is 5.10 Å². The van der Waals surface area contributed by atoms with Crippen molar-refractivity contribution in [2.45, 2.75) is 6.42 Å². The minimum Gasteiger partial charge on any atom is -0.330 e. The van der Waals surface area contributed by atoms with E-state index in [1.54, 1.807) is 4.68 Å². The fourth-order valence-electron chi connectivity index (χ4n) is 1.52. The van der Waals surface area contributed by atoms with Crippen LogP contribution in [0.4, 0.5) is 0 Å². The highest BCUT2D eigenvalue weighted by Crippen LogP contribution is 2.18.